The topological polar surface area (TPSA) is 61.8 Å². The van der Waals surface area contributed by atoms with Crippen molar-refractivity contribution in [3.05, 3.63) is 95.0 Å². The monoisotopic (exact) mass is 531 g/mol. The summed E-state index contributed by atoms with van der Waals surface area (Å²) in [5, 5.41) is 2.41. The minimum absolute atomic E-state index is 0.0389. The van der Waals surface area contributed by atoms with E-state index in [2.05, 4.69) is 10.3 Å². The third-order valence-electron chi connectivity index (χ3n) is 5.43. The number of anilines is 1. The van der Waals surface area contributed by atoms with Gasteiger partial charge in [0, 0.05) is 13.0 Å². The van der Waals surface area contributed by atoms with Crippen molar-refractivity contribution < 1.29 is 22.8 Å². The highest BCUT2D eigenvalue weighted by Crippen LogP contribution is 2.34. The molecule has 1 heterocycles. The summed E-state index contributed by atoms with van der Waals surface area (Å²) >= 11 is 7.17. The molecule has 0 radical (unpaired) electrons. The van der Waals surface area contributed by atoms with Gasteiger partial charge in [0.2, 0.25) is 11.8 Å². The standard InChI is InChI=1S/C26H21ClF3N3O2S/c27-20-11-4-5-12-21(20)32-24(35)22-16-23(34)33(14-13-17-7-2-1-3-8-17)25(36-22)31-19-10-6-9-18(15-19)26(28,29)30/h1-12,15,22H,13-14,16H2,(H,32,35). The van der Waals surface area contributed by atoms with Gasteiger partial charge < -0.3 is 5.32 Å². The number of nitrogens with one attached hydrogen (secondary N) is 1. The van der Waals surface area contributed by atoms with Gasteiger partial charge in [0.05, 0.1) is 22.0 Å². The molecule has 3 aromatic carbocycles. The number of hydrogen-bond donors (Lipinski definition) is 1. The number of aliphatic imine (C=N–C) groups is 1. The van der Waals surface area contributed by atoms with Crippen LogP contribution in [0.1, 0.15) is 17.5 Å². The fraction of sp³-hybridized carbons (Fsp3) is 0.192. The van der Waals surface area contributed by atoms with Crippen LogP contribution in [0.25, 0.3) is 0 Å². The molecule has 3 aromatic rings. The van der Waals surface area contributed by atoms with E-state index in [0.29, 0.717) is 17.1 Å². The van der Waals surface area contributed by atoms with E-state index in [1.807, 2.05) is 30.3 Å². The molecule has 186 valence electrons. The maximum atomic E-state index is 13.2. The summed E-state index contributed by atoms with van der Waals surface area (Å²) < 4.78 is 39.7. The van der Waals surface area contributed by atoms with Crippen molar-refractivity contribution in [2.24, 2.45) is 4.99 Å². The van der Waals surface area contributed by atoms with Crippen molar-refractivity contribution in [3.8, 4) is 0 Å². The molecule has 1 atom stereocenters. The second-order valence-electron chi connectivity index (χ2n) is 8.00. The average Bonchev–Trinajstić information content (AvgIpc) is 2.85. The predicted molar refractivity (Wildman–Crippen MR) is 136 cm³/mol. The molecule has 1 N–H and O–H groups in total. The number of benzene rings is 3. The van der Waals surface area contributed by atoms with Crippen LogP contribution >= 0.6 is 23.4 Å². The Morgan fingerprint density at radius 2 is 1.78 bits per heavy atom. The molecule has 0 aromatic heterocycles. The molecule has 1 fully saturated rings. The molecule has 4 rings (SSSR count). The van der Waals surface area contributed by atoms with E-state index in [-0.39, 0.29) is 29.7 Å². The molecular weight excluding hydrogens is 511 g/mol. The summed E-state index contributed by atoms with van der Waals surface area (Å²) in [7, 11) is 0. The summed E-state index contributed by atoms with van der Waals surface area (Å²) in [6, 6.07) is 20.8. The Kier molecular flexibility index (Phi) is 8.01. The van der Waals surface area contributed by atoms with Gasteiger partial charge in [-0.1, -0.05) is 71.9 Å². The van der Waals surface area contributed by atoms with Crippen LogP contribution in [0.4, 0.5) is 24.5 Å². The zero-order valence-electron chi connectivity index (χ0n) is 18.8. The number of amides is 2. The highest BCUT2D eigenvalue weighted by molar-refractivity contribution is 8.15. The fourth-order valence-corrected chi connectivity index (χ4v) is 4.89. The van der Waals surface area contributed by atoms with Crippen LogP contribution in [0, 0.1) is 0 Å². The first-order valence-corrected chi connectivity index (χ1v) is 12.3. The number of rotatable bonds is 6. The van der Waals surface area contributed by atoms with E-state index in [1.54, 1.807) is 24.3 Å². The molecule has 1 unspecified atom stereocenters. The first-order chi connectivity index (χ1) is 17.2. The number of hydrogen-bond acceptors (Lipinski definition) is 4. The zero-order valence-corrected chi connectivity index (χ0v) is 20.4. The average molecular weight is 532 g/mol. The molecule has 0 aliphatic carbocycles. The normalized spacial score (nSPS) is 17.3. The van der Waals surface area contributed by atoms with Crippen LogP contribution < -0.4 is 5.32 Å². The van der Waals surface area contributed by atoms with Crippen molar-refractivity contribution in [2.45, 2.75) is 24.3 Å². The molecule has 0 saturated carbocycles. The summed E-state index contributed by atoms with van der Waals surface area (Å²) in [5.74, 6) is -0.782. The van der Waals surface area contributed by atoms with Gasteiger partial charge in [-0.3, -0.25) is 14.5 Å². The van der Waals surface area contributed by atoms with Crippen LogP contribution in [0.15, 0.2) is 83.9 Å². The van der Waals surface area contributed by atoms with Gasteiger partial charge in [-0.05, 0) is 42.3 Å². The van der Waals surface area contributed by atoms with Gasteiger partial charge in [0.25, 0.3) is 0 Å². The van der Waals surface area contributed by atoms with Crippen LogP contribution in [-0.4, -0.2) is 33.7 Å². The zero-order chi connectivity index (χ0) is 25.7. The lowest BCUT2D eigenvalue weighted by molar-refractivity contribution is -0.137. The number of halogens is 4. The number of thioether (sulfide) groups is 1. The first-order valence-electron chi connectivity index (χ1n) is 11.0. The number of carbonyl (C=O) groups excluding carboxylic acids is 2. The molecule has 5 nitrogen and oxygen atoms in total. The Morgan fingerprint density at radius 1 is 1.06 bits per heavy atom. The Morgan fingerprint density at radius 3 is 2.50 bits per heavy atom. The SMILES string of the molecule is O=C(Nc1ccccc1Cl)C1CC(=O)N(CCc2ccccc2)C(=Nc2cccc(C(F)(F)F)c2)S1. The molecule has 1 aliphatic heterocycles. The molecule has 1 saturated heterocycles. The number of carbonyl (C=O) groups is 2. The molecule has 0 spiro atoms. The second-order valence-corrected chi connectivity index (χ2v) is 9.58. The summed E-state index contributed by atoms with van der Waals surface area (Å²) in [4.78, 5) is 31.9. The van der Waals surface area contributed by atoms with E-state index in [9.17, 15) is 22.8 Å². The minimum atomic E-state index is -4.53. The molecule has 2 amide bonds. The van der Waals surface area contributed by atoms with E-state index >= 15 is 0 Å². The number of nitrogens with zero attached hydrogens (tertiary/aromatic N) is 2. The molecule has 1 aliphatic rings. The smallest absolute Gasteiger partial charge is 0.324 e. The number of amidine groups is 1. The van der Waals surface area contributed by atoms with Crippen molar-refractivity contribution in [3.63, 3.8) is 0 Å². The van der Waals surface area contributed by atoms with Crippen LogP contribution in [0.2, 0.25) is 5.02 Å². The first kappa shape index (κ1) is 25.8. The Hall–Kier alpha value is -3.30. The van der Waals surface area contributed by atoms with Crippen molar-refractivity contribution in [1.82, 2.24) is 4.90 Å². The molecular formula is C26H21ClF3N3O2S. The van der Waals surface area contributed by atoms with Gasteiger partial charge in [-0.2, -0.15) is 13.2 Å². The van der Waals surface area contributed by atoms with Gasteiger partial charge in [-0.25, -0.2) is 4.99 Å². The van der Waals surface area contributed by atoms with E-state index in [4.69, 9.17) is 11.6 Å². The number of alkyl halides is 3. The Bertz CT molecular complexity index is 1280. The van der Waals surface area contributed by atoms with Gasteiger partial charge in [0.15, 0.2) is 5.17 Å². The summed E-state index contributed by atoms with van der Waals surface area (Å²) in [6.45, 7) is 0.270. The maximum Gasteiger partial charge on any atom is 0.416 e. The number of para-hydroxylation sites is 1. The summed E-state index contributed by atoms with van der Waals surface area (Å²) in [6.07, 6.45) is -4.10. The third-order valence-corrected chi connectivity index (χ3v) is 6.95. The van der Waals surface area contributed by atoms with E-state index in [1.165, 1.54) is 17.0 Å². The lowest BCUT2D eigenvalue weighted by Gasteiger charge is -2.32. The quantitative estimate of drug-likeness (QED) is 0.392. The van der Waals surface area contributed by atoms with Crippen LogP contribution in [0.3, 0.4) is 0 Å². The van der Waals surface area contributed by atoms with Gasteiger partial charge >= 0.3 is 6.18 Å². The Balaban J connectivity index is 1.61. The van der Waals surface area contributed by atoms with Crippen molar-refractivity contribution in [1.29, 1.82) is 0 Å². The Labute approximate surface area is 215 Å². The molecule has 36 heavy (non-hydrogen) atoms. The van der Waals surface area contributed by atoms with Crippen molar-refractivity contribution in [2.75, 3.05) is 11.9 Å². The summed E-state index contributed by atoms with van der Waals surface area (Å²) in [5.41, 5.74) is 0.588. The highest BCUT2D eigenvalue weighted by atomic mass is 35.5. The lowest BCUT2D eigenvalue weighted by atomic mass is 10.1. The lowest BCUT2D eigenvalue weighted by Crippen LogP contribution is -2.46. The molecule has 10 heteroatoms. The van der Waals surface area contributed by atoms with Crippen LogP contribution in [0.5, 0.6) is 0 Å². The van der Waals surface area contributed by atoms with E-state index < -0.39 is 22.9 Å². The van der Waals surface area contributed by atoms with Crippen LogP contribution in [-0.2, 0) is 22.2 Å². The third kappa shape index (κ3) is 6.47. The van der Waals surface area contributed by atoms with Gasteiger partial charge in [0.1, 0.15) is 5.25 Å². The fourth-order valence-electron chi connectivity index (χ4n) is 3.58. The molecule has 0 bridgehead atoms. The second kappa shape index (κ2) is 11.2. The van der Waals surface area contributed by atoms with Gasteiger partial charge in [-0.15, -0.1) is 0 Å². The van der Waals surface area contributed by atoms with Crippen molar-refractivity contribution >= 4 is 51.7 Å². The maximum absolute atomic E-state index is 13.2. The minimum Gasteiger partial charge on any atom is -0.324 e. The highest BCUT2D eigenvalue weighted by Gasteiger charge is 2.36. The van der Waals surface area contributed by atoms with E-state index in [0.717, 1.165) is 29.5 Å². The predicted octanol–water partition coefficient (Wildman–Crippen LogP) is 6.56. The largest absolute Gasteiger partial charge is 0.416 e.